The van der Waals surface area contributed by atoms with E-state index in [-0.39, 0.29) is 0 Å². The Bertz CT molecular complexity index is 115. The highest BCUT2D eigenvalue weighted by Crippen LogP contribution is 2.14. The highest BCUT2D eigenvalue weighted by Gasteiger charge is 2.19. The summed E-state index contributed by atoms with van der Waals surface area (Å²) in [5.41, 5.74) is 0. The summed E-state index contributed by atoms with van der Waals surface area (Å²) in [4.78, 5) is 4.16. The Morgan fingerprint density at radius 3 is 2.25 bits per heavy atom. The Morgan fingerprint density at radius 1 is 1.25 bits per heavy atom. The van der Waals surface area contributed by atoms with Gasteiger partial charge in [0.05, 0.1) is 20.6 Å². The van der Waals surface area contributed by atoms with Crippen molar-refractivity contribution in [3.05, 3.63) is 0 Å². The molecular formula is C10H23N2+. The molecule has 1 fully saturated rings. The van der Waals surface area contributed by atoms with E-state index < -0.39 is 0 Å². The summed E-state index contributed by atoms with van der Waals surface area (Å²) in [5.74, 6) is 0.984. The zero-order valence-corrected chi connectivity index (χ0v) is 8.77. The minimum atomic E-state index is 0.984. The third-order valence-corrected chi connectivity index (χ3v) is 2.85. The molecule has 72 valence electrons. The zero-order valence-electron chi connectivity index (χ0n) is 8.77. The lowest BCUT2D eigenvalue weighted by atomic mass is 9.96. The van der Waals surface area contributed by atoms with Gasteiger partial charge in [-0.15, -0.1) is 0 Å². The number of nitrogens with zero attached hydrogens (tertiary/aromatic N) is 1. The van der Waals surface area contributed by atoms with Gasteiger partial charge in [-0.2, -0.15) is 0 Å². The fourth-order valence-corrected chi connectivity index (χ4v) is 2.08. The van der Waals surface area contributed by atoms with Crippen molar-refractivity contribution in [1.29, 1.82) is 0 Å². The van der Waals surface area contributed by atoms with Crippen LogP contribution in [0.1, 0.15) is 19.8 Å². The average molecular weight is 171 g/mol. The maximum absolute atomic E-state index is 2.56. The van der Waals surface area contributed by atoms with Gasteiger partial charge >= 0.3 is 0 Å². The predicted molar refractivity (Wildman–Crippen MR) is 52.5 cm³/mol. The minimum absolute atomic E-state index is 0.984. The van der Waals surface area contributed by atoms with Crippen molar-refractivity contribution in [1.82, 2.24) is 4.90 Å². The molecular weight excluding hydrogens is 148 g/mol. The molecule has 1 aliphatic heterocycles. The molecule has 0 aliphatic carbocycles. The van der Waals surface area contributed by atoms with E-state index in [1.54, 1.807) is 4.90 Å². The van der Waals surface area contributed by atoms with Crippen molar-refractivity contribution in [2.75, 3.05) is 40.3 Å². The molecule has 1 aliphatic rings. The normalized spacial score (nSPS) is 22.0. The number of hydrogen-bond donors (Lipinski definition) is 1. The quantitative estimate of drug-likeness (QED) is 0.621. The molecule has 1 N–H and O–H groups in total. The third kappa shape index (κ3) is 3.11. The number of piperidine rings is 1. The van der Waals surface area contributed by atoms with Crippen LogP contribution in [0.4, 0.5) is 0 Å². The molecule has 0 aromatic heterocycles. The zero-order chi connectivity index (χ0) is 8.97. The predicted octanol–water partition coefficient (Wildman–Crippen LogP) is -0.137. The molecule has 1 rings (SSSR count). The Balaban J connectivity index is 2.17. The number of rotatable bonds is 3. The van der Waals surface area contributed by atoms with Gasteiger partial charge in [0.15, 0.2) is 0 Å². The van der Waals surface area contributed by atoms with Crippen LogP contribution in [0.25, 0.3) is 0 Å². The molecule has 0 aromatic rings. The smallest absolute Gasteiger partial charge is 0.0796 e. The number of quaternary nitrogens is 1. The summed E-state index contributed by atoms with van der Waals surface area (Å²) in [7, 11) is 4.51. The summed E-state index contributed by atoms with van der Waals surface area (Å²) in [5, 5.41) is 0. The molecule has 0 spiro atoms. The van der Waals surface area contributed by atoms with Gasteiger partial charge in [-0.1, -0.05) is 6.92 Å². The minimum Gasteiger partial charge on any atom is -0.340 e. The summed E-state index contributed by atoms with van der Waals surface area (Å²) >= 11 is 0. The van der Waals surface area contributed by atoms with Crippen LogP contribution in [0.15, 0.2) is 0 Å². The van der Waals surface area contributed by atoms with Crippen LogP contribution < -0.4 is 4.90 Å². The highest BCUT2D eigenvalue weighted by atomic mass is 15.1. The fraction of sp³-hybridized carbons (Fsp3) is 1.00. The third-order valence-electron chi connectivity index (χ3n) is 2.85. The van der Waals surface area contributed by atoms with Crippen molar-refractivity contribution in [3.63, 3.8) is 0 Å². The van der Waals surface area contributed by atoms with E-state index >= 15 is 0 Å². The molecule has 0 saturated carbocycles. The Morgan fingerprint density at radius 2 is 1.83 bits per heavy atom. The van der Waals surface area contributed by atoms with Crippen molar-refractivity contribution in [2.24, 2.45) is 5.92 Å². The molecule has 0 radical (unpaired) electrons. The second-order valence-electron chi connectivity index (χ2n) is 4.29. The maximum atomic E-state index is 2.56. The van der Waals surface area contributed by atoms with E-state index in [0.717, 1.165) is 5.92 Å². The van der Waals surface area contributed by atoms with E-state index in [9.17, 15) is 0 Å². The molecule has 1 saturated heterocycles. The lowest BCUT2D eigenvalue weighted by molar-refractivity contribution is -0.862. The van der Waals surface area contributed by atoms with Gasteiger partial charge in [-0.05, 0) is 32.5 Å². The molecule has 0 unspecified atom stereocenters. The van der Waals surface area contributed by atoms with Crippen LogP contribution >= 0.6 is 0 Å². The van der Waals surface area contributed by atoms with Gasteiger partial charge in [0.2, 0.25) is 0 Å². The monoisotopic (exact) mass is 171 g/mol. The van der Waals surface area contributed by atoms with Gasteiger partial charge in [0.1, 0.15) is 0 Å². The molecule has 0 amide bonds. The van der Waals surface area contributed by atoms with Gasteiger partial charge in [0, 0.05) is 5.92 Å². The Kier molecular flexibility index (Phi) is 4.02. The van der Waals surface area contributed by atoms with Crippen LogP contribution in [0.3, 0.4) is 0 Å². The van der Waals surface area contributed by atoms with Crippen molar-refractivity contribution in [2.45, 2.75) is 19.8 Å². The van der Waals surface area contributed by atoms with Gasteiger partial charge in [0.25, 0.3) is 0 Å². The molecule has 0 atom stereocenters. The maximum Gasteiger partial charge on any atom is 0.0796 e. The standard InChI is InChI=1S/C10H22N2/c1-4-12-7-5-10(6-8-12)9-11(2)3/h10H,4-9H2,1-3H3/p+1. The molecule has 2 heteroatoms. The Labute approximate surface area is 76.5 Å². The highest BCUT2D eigenvalue weighted by molar-refractivity contribution is 4.70. The second kappa shape index (κ2) is 4.83. The van der Waals surface area contributed by atoms with Crippen LogP contribution in [-0.4, -0.2) is 45.2 Å². The van der Waals surface area contributed by atoms with Gasteiger partial charge < -0.3 is 9.80 Å². The van der Waals surface area contributed by atoms with Gasteiger partial charge in [-0.3, -0.25) is 0 Å². The molecule has 2 nitrogen and oxygen atoms in total. The summed E-state index contributed by atoms with van der Waals surface area (Å²) < 4.78 is 0. The molecule has 12 heavy (non-hydrogen) atoms. The van der Waals surface area contributed by atoms with E-state index in [0.29, 0.717) is 0 Å². The first-order chi connectivity index (χ1) is 5.72. The number of likely N-dealkylation sites (tertiary alicyclic amines) is 1. The van der Waals surface area contributed by atoms with Crippen molar-refractivity contribution >= 4 is 0 Å². The first-order valence-corrected chi connectivity index (χ1v) is 5.23. The molecule has 0 bridgehead atoms. The van der Waals surface area contributed by atoms with Crippen molar-refractivity contribution in [3.8, 4) is 0 Å². The first kappa shape index (κ1) is 10.0. The second-order valence-corrected chi connectivity index (χ2v) is 4.29. The van der Waals surface area contributed by atoms with E-state index in [1.165, 1.54) is 39.0 Å². The molecule has 1 heterocycles. The fourth-order valence-electron chi connectivity index (χ4n) is 2.08. The lowest BCUT2D eigenvalue weighted by Gasteiger charge is -2.31. The lowest BCUT2D eigenvalue weighted by Crippen LogP contribution is -3.06. The SMILES string of the molecule is CCN1CCC(C[NH+](C)C)CC1. The largest absolute Gasteiger partial charge is 0.340 e. The first-order valence-electron chi connectivity index (χ1n) is 5.23. The van der Waals surface area contributed by atoms with Crippen molar-refractivity contribution < 1.29 is 4.90 Å². The number of hydrogen-bond acceptors (Lipinski definition) is 1. The van der Waals surface area contributed by atoms with E-state index in [4.69, 9.17) is 0 Å². The Hall–Kier alpha value is -0.0800. The topological polar surface area (TPSA) is 7.68 Å². The van der Waals surface area contributed by atoms with Crippen LogP contribution in [-0.2, 0) is 0 Å². The van der Waals surface area contributed by atoms with Gasteiger partial charge in [-0.25, -0.2) is 0 Å². The summed E-state index contributed by atoms with van der Waals surface area (Å²) in [6.45, 7) is 7.51. The molecule has 0 aromatic carbocycles. The summed E-state index contributed by atoms with van der Waals surface area (Å²) in [6, 6.07) is 0. The summed E-state index contributed by atoms with van der Waals surface area (Å²) in [6.07, 6.45) is 2.83. The number of nitrogens with one attached hydrogen (secondary N) is 1. The van der Waals surface area contributed by atoms with E-state index in [1.807, 2.05) is 0 Å². The van der Waals surface area contributed by atoms with E-state index in [2.05, 4.69) is 25.9 Å². The van der Waals surface area contributed by atoms with Crippen LogP contribution in [0, 0.1) is 5.92 Å². The van der Waals surface area contributed by atoms with Crippen LogP contribution in [0.2, 0.25) is 0 Å². The van der Waals surface area contributed by atoms with Crippen LogP contribution in [0.5, 0.6) is 0 Å². The average Bonchev–Trinajstić information content (AvgIpc) is 2.05.